The average Bonchev–Trinajstić information content (AvgIpc) is 2.68. The molecule has 0 aliphatic carbocycles. The molecule has 3 aromatic rings. The van der Waals surface area contributed by atoms with Gasteiger partial charge < -0.3 is 4.74 Å². The molecule has 0 atom stereocenters. The van der Waals surface area contributed by atoms with Crippen molar-refractivity contribution in [3.63, 3.8) is 0 Å². The van der Waals surface area contributed by atoms with Gasteiger partial charge in [0.1, 0.15) is 12.1 Å². The molecule has 1 amide bonds. The Hall–Kier alpha value is -3.60. The summed E-state index contributed by atoms with van der Waals surface area (Å²) in [7, 11) is 0. The number of ether oxygens (including phenoxy) is 1. The lowest BCUT2D eigenvalue weighted by Gasteiger charge is -2.10. The first-order chi connectivity index (χ1) is 13.0. The van der Waals surface area contributed by atoms with Crippen molar-refractivity contribution in [3.05, 3.63) is 75.3 Å². The number of halogens is 1. The predicted octanol–water partition coefficient (Wildman–Crippen LogP) is 3.09. The topological polar surface area (TPSA) is 132 Å². The smallest absolute Gasteiger partial charge is 0.374 e. The summed E-state index contributed by atoms with van der Waals surface area (Å²) in [5.74, 6) is -0.675. The van der Waals surface area contributed by atoms with E-state index in [1.807, 2.05) is 0 Å². The molecule has 3 rings (SSSR count). The van der Waals surface area contributed by atoms with Crippen LogP contribution in [0.15, 0.2) is 59.6 Å². The van der Waals surface area contributed by atoms with E-state index in [1.54, 1.807) is 36.4 Å². The molecule has 0 saturated heterocycles. The summed E-state index contributed by atoms with van der Waals surface area (Å²) < 4.78 is 6.31. The minimum atomic E-state index is -0.702. The third-order valence-corrected chi connectivity index (χ3v) is 3.75. The van der Waals surface area contributed by atoms with Crippen LogP contribution in [0.5, 0.6) is 11.6 Å². The molecular formula is C16H11BrN6O4. The summed E-state index contributed by atoms with van der Waals surface area (Å²) in [4.78, 5) is 34.3. The molecule has 0 saturated carbocycles. The maximum atomic E-state index is 12.0. The Morgan fingerprint density at radius 3 is 2.63 bits per heavy atom. The number of benzene rings is 1. The van der Waals surface area contributed by atoms with Crippen LogP contribution in [-0.2, 0) is 0 Å². The molecule has 0 radical (unpaired) electrons. The zero-order valence-electron chi connectivity index (χ0n) is 13.5. The second-order valence-corrected chi connectivity index (χ2v) is 5.93. The van der Waals surface area contributed by atoms with Crippen LogP contribution in [0.4, 0.5) is 11.5 Å². The van der Waals surface area contributed by atoms with Crippen molar-refractivity contribution in [1.82, 2.24) is 20.4 Å². The molecule has 2 aromatic heterocycles. The van der Waals surface area contributed by atoms with E-state index in [9.17, 15) is 14.9 Å². The van der Waals surface area contributed by atoms with Gasteiger partial charge in [-0.1, -0.05) is 15.9 Å². The van der Waals surface area contributed by atoms with E-state index < -0.39 is 16.5 Å². The lowest BCUT2D eigenvalue weighted by atomic mass is 10.3. The van der Waals surface area contributed by atoms with Gasteiger partial charge in [-0.25, -0.2) is 4.98 Å². The number of anilines is 1. The Morgan fingerprint density at radius 2 is 1.96 bits per heavy atom. The molecule has 0 aliphatic rings. The van der Waals surface area contributed by atoms with Crippen LogP contribution in [0.25, 0.3) is 0 Å². The van der Waals surface area contributed by atoms with Crippen LogP contribution in [0.3, 0.4) is 0 Å². The van der Waals surface area contributed by atoms with Gasteiger partial charge in [0.15, 0.2) is 0 Å². The maximum Gasteiger partial charge on any atom is 0.374 e. The quantitative estimate of drug-likeness (QED) is 0.450. The normalized spacial score (nSPS) is 10.1. The van der Waals surface area contributed by atoms with Crippen molar-refractivity contribution in [2.45, 2.75) is 0 Å². The minimum absolute atomic E-state index is 0.223. The van der Waals surface area contributed by atoms with Crippen LogP contribution >= 0.6 is 15.9 Å². The monoisotopic (exact) mass is 430 g/mol. The van der Waals surface area contributed by atoms with Gasteiger partial charge in [-0.15, -0.1) is 0 Å². The molecule has 2 heterocycles. The summed E-state index contributed by atoms with van der Waals surface area (Å²) in [6, 6.07) is 9.80. The lowest BCUT2D eigenvalue weighted by molar-refractivity contribution is -0.385. The van der Waals surface area contributed by atoms with Crippen molar-refractivity contribution in [2.75, 3.05) is 5.43 Å². The number of nitrogens with one attached hydrogen (secondary N) is 2. The number of hydrazine groups is 1. The highest BCUT2D eigenvalue weighted by molar-refractivity contribution is 9.10. The average molecular weight is 431 g/mol. The van der Waals surface area contributed by atoms with Crippen LogP contribution < -0.4 is 15.6 Å². The number of nitrogens with zero attached hydrogens (tertiary/aromatic N) is 4. The summed E-state index contributed by atoms with van der Waals surface area (Å²) in [6.07, 6.45) is 3.96. The van der Waals surface area contributed by atoms with Crippen molar-refractivity contribution in [1.29, 1.82) is 0 Å². The van der Waals surface area contributed by atoms with Gasteiger partial charge in [0, 0.05) is 16.9 Å². The summed E-state index contributed by atoms with van der Waals surface area (Å²) in [5.41, 5.74) is 4.49. The number of nitro groups is 1. The van der Waals surface area contributed by atoms with E-state index >= 15 is 0 Å². The van der Waals surface area contributed by atoms with E-state index in [2.05, 4.69) is 41.7 Å². The third-order valence-electron chi connectivity index (χ3n) is 3.22. The van der Waals surface area contributed by atoms with Gasteiger partial charge in [-0.3, -0.25) is 30.7 Å². The number of amides is 1. The Bertz CT molecular complexity index is 968. The fourth-order valence-electron chi connectivity index (χ4n) is 1.99. The van der Waals surface area contributed by atoms with E-state index in [0.29, 0.717) is 5.75 Å². The van der Waals surface area contributed by atoms with E-state index in [0.717, 1.165) is 10.8 Å². The Balaban J connectivity index is 1.82. The molecule has 0 spiro atoms. The highest BCUT2D eigenvalue weighted by atomic mass is 79.9. The minimum Gasteiger partial charge on any atom is -0.434 e. The number of carbonyl (C=O) groups is 1. The van der Waals surface area contributed by atoms with E-state index in [1.165, 1.54) is 12.4 Å². The molecule has 27 heavy (non-hydrogen) atoms. The summed E-state index contributed by atoms with van der Waals surface area (Å²) in [6.45, 7) is 0. The van der Waals surface area contributed by atoms with Crippen LogP contribution in [0, 0.1) is 10.1 Å². The maximum absolute atomic E-state index is 12.0. The highest BCUT2D eigenvalue weighted by Gasteiger charge is 2.25. The Morgan fingerprint density at radius 1 is 1.19 bits per heavy atom. The SMILES string of the molecule is O=C(NNc1ncnc(Oc2ccc(Br)cc2)c1[N+](=O)[O-])c1cccnc1. The first-order valence-corrected chi connectivity index (χ1v) is 8.23. The number of carbonyl (C=O) groups excluding carboxylic acids is 1. The van der Waals surface area contributed by atoms with Gasteiger partial charge in [0.2, 0.25) is 5.82 Å². The molecule has 10 nitrogen and oxygen atoms in total. The van der Waals surface area contributed by atoms with Gasteiger partial charge in [-0.2, -0.15) is 4.98 Å². The Labute approximate surface area is 160 Å². The number of hydrogen-bond acceptors (Lipinski definition) is 8. The summed E-state index contributed by atoms with van der Waals surface area (Å²) in [5, 5.41) is 11.5. The van der Waals surface area contributed by atoms with Crippen LogP contribution in [0.2, 0.25) is 0 Å². The van der Waals surface area contributed by atoms with Gasteiger partial charge in [0.25, 0.3) is 5.91 Å². The van der Waals surface area contributed by atoms with Crippen LogP contribution in [0.1, 0.15) is 10.4 Å². The number of rotatable bonds is 6. The molecular weight excluding hydrogens is 420 g/mol. The van der Waals surface area contributed by atoms with Gasteiger partial charge in [-0.05, 0) is 36.4 Å². The largest absolute Gasteiger partial charge is 0.434 e. The van der Waals surface area contributed by atoms with E-state index in [-0.39, 0.29) is 17.3 Å². The molecule has 0 fully saturated rings. The zero-order chi connectivity index (χ0) is 19.2. The highest BCUT2D eigenvalue weighted by Crippen LogP contribution is 2.33. The standard InChI is InChI=1S/C16H11BrN6O4/c17-11-3-5-12(6-4-11)27-16-13(23(25)26)14(19-9-20-16)21-22-15(24)10-2-1-7-18-8-10/h1-9H,(H,22,24)(H,19,20,21). The third kappa shape index (κ3) is 4.52. The summed E-state index contributed by atoms with van der Waals surface area (Å²) >= 11 is 3.29. The molecule has 1 aromatic carbocycles. The van der Waals surface area contributed by atoms with Crippen molar-refractivity contribution in [2.24, 2.45) is 0 Å². The molecule has 11 heteroatoms. The van der Waals surface area contributed by atoms with Crippen molar-refractivity contribution >= 4 is 33.3 Å². The van der Waals surface area contributed by atoms with Gasteiger partial charge >= 0.3 is 11.6 Å². The molecule has 0 aliphatic heterocycles. The van der Waals surface area contributed by atoms with Crippen molar-refractivity contribution < 1.29 is 14.5 Å². The number of pyridine rings is 1. The number of hydrogen-bond donors (Lipinski definition) is 2. The molecule has 2 N–H and O–H groups in total. The fourth-order valence-corrected chi connectivity index (χ4v) is 2.26. The molecule has 0 bridgehead atoms. The number of aromatic nitrogens is 3. The second-order valence-electron chi connectivity index (χ2n) is 5.01. The second kappa shape index (κ2) is 8.19. The Kier molecular flexibility index (Phi) is 5.52. The predicted molar refractivity (Wildman–Crippen MR) is 98.2 cm³/mol. The van der Waals surface area contributed by atoms with Crippen LogP contribution in [-0.4, -0.2) is 25.8 Å². The first-order valence-electron chi connectivity index (χ1n) is 7.44. The fraction of sp³-hybridized carbons (Fsp3) is 0. The van der Waals surface area contributed by atoms with Crippen molar-refractivity contribution in [3.8, 4) is 11.6 Å². The van der Waals surface area contributed by atoms with Gasteiger partial charge in [0.05, 0.1) is 10.5 Å². The zero-order valence-corrected chi connectivity index (χ0v) is 15.1. The lowest BCUT2D eigenvalue weighted by Crippen LogP contribution is -2.30. The molecule has 136 valence electrons. The molecule has 0 unspecified atom stereocenters. The first kappa shape index (κ1) is 18.2. The van der Waals surface area contributed by atoms with E-state index in [4.69, 9.17) is 4.74 Å².